The normalized spacial score (nSPS) is 10.2. The summed E-state index contributed by atoms with van der Waals surface area (Å²) in [5, 5.41) is 0.396. The van der Waals surface area contributed by atoms with Crippen molar-refractivity contribution in [1.82, 2.24) is 0 Å². The van der Waals surface area contributed by atoms with E-state index in [4.69, 9.17) is 0 Å². The maximum atomic E-state index is 11.5. The molecule has 0 atom stereocenters. The van der Waals surface area contributed by atoms with Crippen LogP contribution in [0.4, 0.5) is 0 Å². The third kappa shape index (κ3) is 2.53. The largest absolute Gasteiger partial charge is 0.293 e. The van der Waals surface area contributed by atoms with Crippen molar-refractivity contribution in [3.63, 3.8) is 0 Å². The molecule has 0 saturated heterocycles. The van der Waals surface area contributed by atoms with Gasteiger partial charge in [0.15, 0.2) is 5.78 Å². The Morgan fingerprint density at radius 2 is 2.08 bits per heavy atom. The van der Waals surface area contributed by atoms with E-state index in [1.54, 1.807) is 0 Å². The number of halogens is 2. The third-order valence-corrected chi connectivity index (χ3v) is 3.19. The molecule has 0 aliphatic heterocycles. The Balaban J connectivity index is 3.28. The maximum absolute atomic E-state index is 11.5. The second-order valence-corrected chi connectivity index (χ2v) is 4.76. The zero-order chi connectivity index (χ0) is 10.0. The summed E-state index contributed by atoms with van der Waals surface area (Å²) >= 11 is 5.41. The summed E-state index contributed by atoms with van der Waals surface area (Å²) in [5.41, 5.74) is 3.10. The van der Waals surface area contributed by atoms with Crippen LogP contribution in [0.2, 0.25) is 0 Å². The molecule has 0 amide bonds. The molecule has 1 nitrogen and oxygen atoms in total. The van der Waals surface area contributed by atoms with E-state index in [-0.39, 0.29) is 5.78 Å². The second-order valence-electron chi connectivity index (χ2n) is 2.95. The minimum Gasteiger partial charge on any atom is -0.293 e. The van der Waals surface area contributed by atoms with Crippen LogP contribution in [0, 0.1) is 17.4 Å². The van der Waals surface area contributed by atoms with Crippen molar-refractivity contribution in [1.29, 1.82) is 0 Å². The highest BCUT2D eigenvalue weighted by molar-refractivity contribution is 14.1. The number of Topliss-reactive ketones (excluding diaryl/α,β-unsaturated/α-hetero) is 1. The van der Waals surface area contributed by atoms with Crippen molar-refractivity contribution in [3.05, 3.63) is 32.4 Å². The number of ketones is 1. The van der Waals surface area contributed by atoms with Crippen LogP contribution < -0.4 is 0 Å². The van der Waals surface area contributed by atoms with Crippen LogP contribution in [0.1, 0.15) is 21.5 Å². The van der Waals surface area contributed by atoms with Gasteiger partial charge >= 0.3 is 0 Å². The maximum Gasteiger partial charge on any atom is 0.173 e. The molecule has 0 aromatic heterocycles. The number of hydrogen-bond acceptors (Lipinski definition) is 1. The number of alkyl halides is 1. The smallest absolute Gasteiger partial charge is 0.173 e. The predicted molar refractivity (Wildman–Crippen MR) is 66.8 cm³/mol. The summed E-state index contributed by atoms with van der Waals surface area (Å²) in [6.45, 7) is 4.02. The SMILES string of the molecule is Cc1cc(I)cc(C(=O)CBr)c1C. The molecule has 1 aromatic rings. The summed E-state index contributed by atoms with van der Waals surface area (Å²) in [5.74, 6) is 0.152. The van der Waals surface area contributed by atoms with Gasteiger partial charge in [0.25, 0.3) is 0 Å². The Morgan fingerprint density at radius 1 is 1.46 bits per heavy atom. The van der Waals surface area contributed by atoms with Crippen LogP contribution >= 0.6 is 38.5 Å². The number of aryl methyl sites for hydroxylation is 1. The van der Waals surface area contributed by atoms with Gasteiger partial charge in [-0.2, -0.15) is 0 Å². The number of rotatable bonds is 2. The Kier molecular flexibility index (Phi) is 3.91. The van der Waals surface area contributed by atoms with E-state index >= 15 is 0 Å². The fourth-order valence-corrected chi connectivity index (χ4v) is 2.26. The quantitative estimate of drug-likeness (QED) is 0.452. The summed E-state index contributed by atoms with van der Waals surface area (Å²) in [6, 6.07) is 4.02. The van der Waals surface area contributed by atoms with E-state index < -0.39 is 0 Å². The Hall–Kier alpha value is 0.1000. The summed E-state index contributed by atoms with van der Waals surface area (Å²) in [4.78, 5) is 11.5. The van der Waals surface area contributed by atoms with E-state index in [2.05, 4.69) is 44.6 Å². The Labute approximate surface area is 100 Å². The molecular weight excluding hydrogens is 343 g/mol. The average Bonchev–Trinajstić information content (AvgIpc) is 2.10. The molecule has 1 rings (SSSR count). The zero-order valence-electron chi connectivity index (χ0n) is 7.53. The van der Waals surface area contributed by atoms with Crippen LogP contribution in [-0.2, 0) is 0 Å². The molecule has 0 aliphatic rings. The van der Waals surface area contributed by atoms with Gasteiger partial charge in [0, 0.05) is 9.13 Å². The molecule has 0 fully saturated rings. The fourth-order valence-electron chi connectivity index (χ4n) is 1.18. The Morgan fingerprint density at radius 3 is 2.62 bits per heavy atom. The zero-order valence-corrected chi connectivity index (χ0v) is 11.3. The third-order valence-electron chi connectivity index (χ3n) is 2.05. The van der Waals surface area contributed by atoms with Crippen molar-refractivity contribution >= 4 is 44.3 Å². The van der Waals surface area contributed by atoms with Crippen molar-refractivity contribution in [2.45, 2.75) is 13.8 Å². The van der Waals surface area contributed by atoms with Crippen molar-refractivity contribution in [3.8, 4) is 0 Å². The lowest BCUT2D eigenvalue weighted by atomic mass is 10.0. The van der Waals surface area contributed by atoms with E-state index in [9.17, 15) is 4.79 Å². The van der Waals surface area contributed by atoms with E-state index in [0.29, 0.717) is 5.33 Å². The van der Waals surface area contributed by atoms with Crippen molar-refractivity contribution in [2.75, 3.05) is 5.33 Å². The number of hydrogen-bond donors (Lipinski definition) is 0. The van der Waals surface area contributed by atoms with Gasteiger partial charge in [0.05, 0.1) is 5.33 Å². The van der Waals surface area contributed by atoms with E-state index in [0.717, 1.165) is 14.7 Å². The highest BCUT2D eigenvalue weighted by Crippen LogP contribution is 2.18. The molecule has 0 bridgehead atoms. The molecule has 0 heterocycles. The number of carbonyl (C=O) groups excluding carboxylic acids is 1. The van der Waals surface area contributed by atoms with Crippen LogP contribution in [0.15, 0.2) is 12.1 Å². The van der Waals surface area contributed by atoms with E-state index in [1.807, 2.05) is 19.9 Å². The molecule has 0 spiro atoms. The molecule has 0 saturated carbocycles. The van der Waals surface area contributed by atoms with E-state index in [1.165, 1.54) is 5.56 Å². The minimum absolute atomic E-state index is 0.152. The van der Waals surface area contributed by atoms with Gasteiger partial charge in [0.1, 0.15) is 0 Å². The lowest BCUT2D eigenvalue weighted by Gasteiger charge is -2.07. The van der Waals surface area contributed by atoms with Gasteiger partial charge in [-0.3, -0.25) is 4.79 Å². The molecule has 3 heteroatoms. The molecule has 0 unspecified atom stereocenters. The standard InChI is InChI=1S/C10H10BrIO/c1-6-3-8(12)4-9(7(6)2)10(13)5-11/h3-4H,5H2,1-2H3. The lowest BCUT2D eigenvalue weighted by Crippen LogP contribution is -2.04. The highest BCUT2D eigenvalue weighted by Gasteiger charge is 2.09. The first-order chi connectivity index (χ1) is 6.06. The average molecular weight is 353 g/mol. The Bertz CT molecular complexity index is 347. The molecule has 70 valence electrons. The number of benzene rings is 1. The second kappa shape index (κ2) is 4.55. The molecule has 0 aliphatic carbocycles. The molecule has 1 aromatic carbocycles. The summed E-state index contributed by atoms with van der Waals surface area (Å²) in [7, 11) is 0. The first-order valence-electron chi connectivity index (χ1n) is 3.92. The lowest BCUT2D eigenvalue weighted by molar-refractivity contribution is 0.102. The van der Waals surface area contributed by atoms with Crippen molar-refractivity contribution in [2.24, 2.45) is 0 Å². The number of carbonyl (C=O) groups is 1. The van der Waals surface area contributed by atoms with Crippen molar-refractivity contribution < 1.29 is 4.79 Å². The van der Waals surface area contributed by atoms with Crippen LogP contribution in [-0.4, -0.2) is 11.1 Å². The van der Waals surface area contributed by atoms with Gasteiger partial charge in [-0.1, -0.05) is 15.9 Å². The molecule has 13 heavy (non-hydrogen) atoms. The predicted octanol–water partition coefficient (Wildman–Crippen LogP) is 3.49. The highest BCUT2D eigenvalue weighted by atomic mass is 127. The van der Waals surface area contributed by atoms with Crippen LogP contribution in [0.3, 0.4) is 0 Å². The summed E-state index contributed by atoms with van der Waals surface area (Å²) in [6.07, 6.45) is 0. The van der Waals surface area contributed by atoms with Crippen LogP contribution in [0.5, 0.6) is 0 Å². The van der Waals surface area contributed by atoms with Gasteiger partial charge in [-0.05, 0) is 59.7 Å². The van der Waals surface area contributed by atoms with Gasteiger partial charge in [-0.15, -0.1) is 0 Å². The van der Waals surface area contributed by atoms with Gasteiger partial charge in [0.2, 0.25) is 0 Å². The first kappa shape index (κ1) is 11.2. The van der Waals surface area contributed by atoms with Gasteiger partial charge in [-0.25, -0.2) is 0 Å². The molecular formula is C10H10BrIO. The fraction of sp³-hybridized carbons (Fsp3) is 0.300. The molecule has 0 radical (unpaired) electrons. The van der Waals surface area contributed by atoms with Gasteiger partial charge < -0.3 is 0 Å². The monoisotopic (exact) mass is 352 g/mol. The topological polar surface area (TPSA) is 17.1 Å². The first-order valence-corrected chi connectivity index (χ1v) is 6.12. The summed E-state index contributed by atoms with van der Waals surface area (Å²) < 4.78 is 1.12. The van der Waals surface area contributed by atoms with Crippen LogP contribution in [0.25, 0.3) is 0 Å². The minimum atomic E-state index is 0.152. The molecule has 0 N–H and O–H groups in total.